The largest absolute Gasteiger partial charge is 0.466 e. The van der Waals surface area contributed by atoms with E-state index in [1.807, 2.05) is 13.8 Å². The molecule has 1 N–H and O–H groups in total. The molecule has 0 aliphatic carbocycles. The lowest BCUT2D eigenvalue weighted by Crippen LogP contribution is -2.29. The van der Waals surface area contributed by atoms with Gasteiger partial charge in [0.1, 0.15) is 0 Å². The predicted octanol–water partition coefficient (Wildman–Crippen LogP) is 2.33. The Morgan fingerprint density at radius 1 is 1.39 bits per heavy atom. The third kappa shape index (κ3) is 4.88. The van der Waals surface area contributed by atoms with Crippen LogP contribution in [0.3, 0.4) is 0 Å². The first-order chi connectivity index (χ1) is 8.65. The summed E-state index contributed by atoms with van der Waals surface area (Å²) < 4.78 is 4.96. The van der Waals surface area contributed by atoms with Crippen molar-refractivity contribution in [2.75, 3.05) is 19.7 Å². The molecule has 0 aliphatic heterocycles. The van der Waals surface area contributed by atoms with E-state index in [2.05, 4.69) is 36.5 Å². The molecule has 18 heavy (non-hydrogen) atoms. The number of hydrogen-bond acceptors (Lipinski definition) is 3. The van der Waals surface area contributed by atoms with Crippen LogP contribution >= 0.6 is 0 Å². The zero-order valence-electron chi connectivity index (χ0n) is 11.5. The Balaban J connectivity index is 2.23. The fraction of sp³-hybridized carbons (Fsp3) is 0.533. The van der Waals surface area contributed by atoms with Gasteiger partial charge in [0.05, 0.1) is 12.5 Å². The van der Waals surface area contributed by atoms with Crippen molar-refractivity contribution >= 4 is 5.97 Å². The van der Waals surface area contributed by atoms with Crippen molar-refractivity contribution in [2.24, 2.45) is 5.92 Å². The molecule has 0 aromatic heterocycles. The lowest BCUT2D eigenvalue weighted by molar-refractivity contribution is -0.147. The first kappa shape index (κ1) is 14.7. The summed E-state index contributed by atoms with van der Waals surface area (Å²) in [6.07, 6.45) is 0.988. The Labute approximate surface area is 110 Å². The van der Waals surface area contributed by atoms with Crippen LogP contribution in [-0.4, -0.2) is 25.7 Å². The highest BCUT2D eigenvalue weighted by molar-refractivity contribution is 5.72. The van der Waals surface area contributed by atoms with Crippen LogP contribution < -0.4 is 5.32 Å². The van der Waals surface area contributed by atoms with Crippen LogP contribution in [0.15, 0.2) is 24.3 Å². The minimum Gasteiger partial charge on any atom is -0.466 e. The summed E-state index contributed by atoms with van der Waals surface area (Å²) >= 11 is 0. The van der Waals surface area contributed by atoms with Crippen LogP contribution in [0.1, 0.15) is 25.0 Å². The summed E-state index contributed by atoms with van der Waals surface area (Å²) in [6, 6.07) is 8.38. The Morgan fingerprint density at radius 2 is 2.11 bits per heavy atom. The summed E-state index contributed by atoms with van der Waals surface area (Å²) in [7, 11) is 0. The number of aryl methyl sites for hydroxylation is 1. The topological polar surface area (TPSA) is 38.3 Å². The molecular formula is C15H23NO2. The number of nitrogens with one attached hydrogen (secondary N) is 1. The van der Waals surface area contributed by atoms with Crippen LogP contribution in [0.2, 0.25) is 0 Å². The van der Waals surface area contributed by atoms with E-state index in [1.165, 1.54) is 11.1 Å². The van der Waals surface area contributed by atoms with Gasteiger partial charge in [0.25, 0.3) is 0 Å². The van der Waals surface area contributed by atoms with E-state index >= 15 is 0 Å². The van der Waals surface area contributed by atoms with Gasteiger partial charge in [0.15, 0.2) is 0 Å². The molecule has 0 amide bonds. The molecule has 0 heterocycles. The molecule has 0 bridgehead atoms. The van der Waals surface area contributed by atoms with Crippen molar-refractivity contribution in [1.82, 2.24) is 5.32 Å². The fourth-order valence-corrected chi connectivity index (χ4v) is 1.80. The summed E-state index contributed by atoms with van der Waals surface area (Å²) in [6.45, 7) is 7.84. The Morgan fingerprint density at radius 3 is 2.78 bits per heavy atom. The summed E-state index contributed by atoms with van der Waals surface area (Å²) in [4.78, 5) is 11.4. The quantitative estimate of drug-likeness (QED) is 0.595. The third-order valence-corrected chi connectivity index (χ3v) is 2.97. The van der Waals surface area contributed by atoms with Gasteiger partial charge in [-0.3, -0.25) is 4.79 Å². The average molecular weight is 249 g/mol. The molecule has 0 fully saturated rings. The average Bonchev–Trinajstić information content (AvgIpc) is 2.36. The van der Waals surface area contributed by atoms with Crippen LogP contribution in [0, 0.1) is 12.8 Å². The minimum absolute atomic E-state index is 0.0816. The molecule has 0 spiro atoms. The third-order valence-electron chi connectivity index (χ3n) is 2.97. The number of carbonyl (C=O) groups excluding carboxylic acids is 1. The standard InChI is InChI=1S/C15H23NO2/c1-4-18-15(17)13(3)11-16-10-9-14-8-6-5-7-12(14)2/h5-8,13,16H,4,9-11H2,1-3H3. The van der Waals surface area contributed by atoms with E-state index in [1.54, 1.807) is 0 Å². The molecule has 3 heteroatoms. The van der Waals surface area contributed by atoms with E-state index in [4.69, 9.17) is 4.74 Å². The predicted molar refractivity (Wildman–Crippen MR) is 73.5 cm³/mol. The summed E-state index contributed by atoms with van der Waals surface area (Å²) in [5.74, 6) is -0.206. The maximum Gasteiger partial charge on any atom is 0.309 e. The van der Waals surface area contributed by atoms with Crippen molar-refractivity contribution in [3.05, 3.63) is 35.4 Å². The molecule has 3 nitrogen and oxygen atoms in total. The van der Waals surface area contributed by atoms with Crippen LogP contribution in [0.5, 0.6) is 0 Å². The molecule has 0 saturated heterocycles. The van der Waals surface area contributed by atoms with Crippen molar-refractivity contribution in [1.29, 1.82) is 0 Å². The second-order valence-electron chi connectivity index (χ2n) is 4.53. The van der Waals surface area contributed by atoms with Crippen LogP contribution in [0.25, 0.3) is 0 Å². The van der Waals surface area contributed by atoms with E-state index in [9.17, 15) is 4.79 Å². The molecule has 1 unspecified atom stereocenters. The van der Waals surface area contributed by atoms with Gasteiger partial charge in [0, 0.05) is 6.54 Å². The molecule has 0 radical (unpaired) electrons. The summed E-state index contributed by atoms with van der Waals surface area (Å²) in [5, 5.41) is 3.30. The van der Waals surface area contributed by atoms with E-state index in [0.717, 1.165) is 13.0 Å². The van der Waals surface area contributed by atoms with Crippen molar-refractivity contribution in [3.63, 3.8) is 0 Å². The molecule has 1 aromatic rings. The highest BCUT2D eigenvalue weighted by atomic mass is 16.5. The van der Waals surface area contributed by atoms with E-state index < -0.39 is 0 Å². The van der Waals surface area contributed by atoms with Gasteiger partial charge in [-0.2, -0.15) is 0 Å². The fourth-order valence-electron chi connectivity index (χ4n) is 1.80. The van der Waals surface area contributed by atoms with Gasteiger partial charge >= 0.3 is 5.97 Å². The number of esters is 1. The van der Waals surface area contributed by atoms with Gasteiger partial charge in [0.2, 0.25) is 0 Å². The van der Waals surface area contributed by atoms with E-state index in [-0.39, 0.29) is 11.9 Å². The zero-order valence-corrected chi connectivity index (χ0v) is 11.5. The second-order valence-corrected chi connectivity index (χ2v) is 4.53. The lowest BCUT2D eigenvalue weighted by atomic mass is 10.1. The van der Waals surface area contributed by atoms with Gasteiger partial charge in [-0.05, 0) is 37.9 Å². The Kier molecular flexibility index (Phi) is 6.44. The molecule has 100 valence electrons. The van der Waals surface area contributed by atoms with Gasteiger partial charge in [-0.1, -0.05) is 31.2 Å². The maximum atomic E-state index is 11.4. The molecule has 1 atom stereocenters. The molecule has 0 saturated carbocycles. The number of ether oxygens (including phenoxy) is 1. The van der Waals surface area contributed by atoms with Crippen molar-refractivity contribution in [3.8, 4) is 0 Å². The SMILES string of the molecule is CCOC(=O)C(C)CNCCc1ccccc1C. The number of benzene rings is 1. The van der Waals surface area contributed by atoms with E-state index in [0.29, 0.717) is 13.2 Å². The first-order valence-corrected chi connectivity index (χ1v) is 6.57. The maximum absolute atomic E-state index is 11.4. The van der Waals surface area contributed by atoms with Crippen LogP contribution in [-0.2, 0) is 16.0 Å². The van der Waals surface area contributed by atoms with Gasteiger partial charge < -0.3 is 10.1 Å². The number of hydrogen-bond donors (Lipinski definition) is 1. The monoisotopic (exact) mass is 249 g/mol. The first-order valence-electron chi connectivity index (χ1n) is 6.57. The van der Waals surface area contributed by atoms with Crippen LogP contribution in [0.4, 0.5) is 0 Å². The molecule has 0 aliphatic rings. The van der Waals surface area contributed by atoms with Crippen molar-refractivity contribution in [2.45, 2.75) is 27.2 Å². The molecule has 1 rings (SSSR count). The van der Waals surface area contributed by atoms with Crippen molar-refractivity contribution < 1.29 is 9.53 Å². The minimum atomic E-state index is -0.124. The number of carbonyl (C=O) groups is 1. The Bertz CT molecular complexity index is 377. The highest BCUT2D eigenvalue weighted by Crippen LogP contribution is 2.07. The smallest absolute Gasteiger partial charge is 0.309 e. The summed E-state index contributed by atoms with van der Waals surface area (Å²) in [5.41, 5.74) is 2.67. The highest BCUT2D eigenvalue weighted by Gasteiger charge is 2.12. The Hall–Kier alpha value is -1.35. The lowest BCUT2D eigenvalue weighted by Gasteiger charge is -2.12. The number of rotatable bonds is 7. The molecule has 1 aromatic carbocycles. The molecular weight excluding hydrogens is 226 g/mol. The van der Waals surface area contributed by atoms with Gasteiger partial charge in [-0.15, -0.1) is 0 Å². The normalized spacial score (nSPS) is 12.2. The van der Waals surface area contributed by atoms with Gasteiger partial charge in [-0.25, -0.2) is 0 Å². The zero-order chi connectivity index (χ0) is 13.4. The second kappa shape index (κ2) is 7.88.